The van der Waals surface area contributed by atoms with Gasteiger partial charge in [-0.2, -0.15) is 0 Å². The maximum absolute atomic E-state index is 12.6. The minimum absolute atomic E-state index is 0.0644. The lowest BCUT2D eigenvalue weighted by molar-refractivity contribution is -0.385. The molecule has 0 N–H and O–H groups in total. The second kappa shape index (κ2) is 13.4. The van der Waals surface area contributed by atoms with E-state index in [9.17, 15) is 24.5 Å². The number of methoxy groups -OCH3 is 1. The first kappa shape index (κ1) is 25.3. The molecule has 1 fully saturated rings. The van der Waals surface area contributed by atoms with Crippen molar-refractivity contribution in [1.82, 2.24) is 4.90 Å². The largest absolute Gasteiger partial charge is 0.494 e. The molecule has 0 heterocycles. The number of aldehydes is 1. The van der Waals surface area contributed by atoms with Crippen LogP contribution in [0.5, 0.6) is 5.75 Å². The number of carbonyl (C=O) groups is 3. The quantitative estimate of drug-likeness (QED) is 0.139. The molecule has 0 bridgehead atoms. The van der Waals surface area contributed by atoms with Gasteiger partial charge < -0.3 is 14.4 Å². The molecule has 1 aliphatic rings. The number of nitro groups is 1. The normalized spacial score (nSPS) is 13.5. The summed E-state index contributed by atoms with van der Waals surface area (Å²) in [5.74, 6) is 0.536. The Morgan fingerprint density at radius 2 is 1.97 bits per heavy atom. The Hall–Kier alpha value is -2.97. The summed E-state index contributed by atoms with van der Waals surface area (Å²) in [5.41, 5.74) is -0.348. The molecular formula is C23H32N2O7. The van der Waals surface area contributed by atoms with E-state index in [1.54, 1.807) is 0 Å². The minimum Gasteiger partial charge on any atom is -0.494 e. The Balaban J connectivity index is 1.77. The van der Waals surface area contributed by atoms with Crippen molar-refractivity contribution < 1.29 is 28.8 Å². The molecule has 1 aromatic rings. The molecule has 9 heteroatoms. The van der Waals surface area contributed by atoms with Gasteiger partial charge in [0.1, 0.15) is 12.3 Å². The highest BCUT2D eigenvalue weighted by Gasteiger charge is 2.19. The fraction of sp³-hybridized carbons (Fsp3) is 0.609. The van der Waals surface area contributed by atoms with Gasteiger partial charge >= 0.3 is 5.97 Å². The molecule has 0 aromatic heterocycles. The van der Waals surface area contributed by atoms with E-state index in [1.165, 1.54) is 62.3 Å². The Kier molecular flexibility index (Phi) is 10.6. The van der Waals surface area contributed by atoms with Crippen LogP contribution in [0.25, 0.3) is 0 Å². The molecule has 0 unspecified atom stereocenters. The molecule has 0 radical (unpaired) electrons. The Bertz CT molecular complexity index is 791. The SMILES string of the molecule is COC(=O)CN(CCCCC1CCCC1)C(=O)CCCOc1ccc([N+](=O)[O-])c(C=O)c1. The van der Waals surface area contributed by atoms with Crippen LogP contribution in [0.15, 0.2) is 18.2 Å². The molecular weight excluding hydrogens is 416 g/mol. The number of amides is 1. The van der Waals surface area contributed by atoms with Crippen LogP contribution >= 0.6 is 0 Å². The summed E-state index contributed by atoms with van der Waals surface area (Å²) in [6, 6.07) is 3.94. The molecule has 0 saturated heterocycles. The highest BCUT2D eigenvalue weighted by Crippen LogP contribution is 2.29. The van der Waals surface area contributed by atoms with Crippen LogP contribution in [0.2, 0.25) is 0 Å². The van der Waals surface area contributed by atoms with Crippen molar-refractivity contribution in [3.63, 3.8) is 0 Å². The van der Waals surface area contributed by atoms with Crippen molar-refractivity contribution in [2.75, 3.05) is 26.8 Å². The molecule has 1 aliphatic carbocycles. The van der Waals surface area contributed by atoms with Gasteiger partial charge in [0.05, 0.1) is 24.2 Å². The molecule has 176 valence electrons. The summed E-state index contributed by atoms with van der Waals surface area (Å²) in [6.07, 6.45) is 9.32. The van der Waals surface area contributed by atoms with Gasteiger partial charge in [-0.25, -0.2) is 0 Å². The lowest BCUT2D eigenvalue weighted by atomic mass is 10.0. The third kappa shape index (κ3) is 8.28. The second-order valence-corrected chi connectivity index (χ2v) is 8.09. The first-order chi connectivity index (χ1) is 15.4. The fourth-order valence-electron chi connectivity index (χ4n) is 4.00. The third-order valence-corrected chi connectivity index (χ3v) is 5.79. The van der Waals surface area contributed by atoms with E-state index in [4.69, 9.17) is 9.47 Å². The average Bonchev–Trinajstić information content (AvgIpc) is 3.31. The van der Waals surface area contributed by atoms with Crippen LogP contribution in [0.4, 0.5) is 5.69 Å². The van der Waals surface area contributed by atoms with Crippen molar-refractivity contribution in [3.05, 3.63) is 33.9 Å². The number of hydrogen-bond acceptors (Lipinski definition) is 7. The fourth-order valence-corrected chi connectivity index (χ4v) is 4.00. The van der Waals surface area contributed by atoms with Crippen molar-refractivity contribution in [2.24, 2.45) is 5.92 Å². The zero-order valence-electron chi connectivity index (χ0n) is 18.6. The zero-order valence-corrected chi connectivity index (χ0v) is 18.6. The van der Waals surface area contributed by atoms with Gasteiger partial charge in [-0.05, 0) is 30.9 Å². The maximum Gasteiger partial charge on any atom is 0.325 e. The number of nitro benzene ring substituents is 1. The molecule has 0 aliphatic heterocycles. The van der Waals surface area contributed by atoms with Crippen molar-refractivity contribution in [2.45, 2.75) is 57.8 Å². The molecule has 0 spiro atoms. The van der Waals surface area contributed by atoms with Gasteiger partial charge in [0.2, 0.25) is 5.91 Å². The molecule has 0 atom stereocenters. The van der Waals surface area contributed by atoms with E-state index in [0.29, 0.717) is 25.0 Å². The van der Waals surface area contributed by atoms with E-state index in [1.807, 2.05) is 0 Å². The molecule has 9 nitrogen and oxygen atoms in total. The highest BCUT2D eigenvalue weighted by atomic mass is 16.6. The lowest BCUT2D eigenvalue weighted by Crippen LogP contribution is -2.37. The van der Waals surface area contributed by atoms with Crippen LogP contribution in [0.1, 0.15) is 68.1 Å². The number of esters is 1. The van der Waals surface area contributed by atoms with E-state index in [-0.39, 0.29) is 36.7 Å². The van der Waals surface area contributed by atoms with Gasteiger partial charge in [0, 0.05) is 19.0 Å². The summed E-state index contributed by atoms with van der Waals surface area (Å²) >= 11 is 0. The van der Waals surface area contributed by atoms with Crippen LogP contribution < -0.4 is 4.74 Å². The lowest BCUT2D eigenvalue weighted by Gasteiger charge is -2.22. The number of hydrogen-bond donors (Lipinski definition) is 0. The number of rotatable bonds is 14. The molecule has 1 amide bonds. The van der Waals surface area contributed by atoms with E-state index >= 15 is 0 Å². The highest BCUT2D eigenvalue weighted by molar-refractivity contribution is 5.82. The summed E-state index contributed by atoms with van der Waals surface area (Å²) in [7, 11) is 1.30. The monoisotopic (exact) mass is 448 g/mol. The van der Waals surface area contributed by atoms with Gasteiger partial charge in [0.15, 0.2) is 6.29 Å². The molecule has 1 saturated carbocycles. The standard InChI is InChI=1S/C23H32N2O7/c1-31-23(28)16-24(13-5-4-9-18-7-2-3-8-18)22(27)10-6-14-32-20-11-12-21(25(29)30)19(15-20)17-26/h11-12,15,17-18H,2-10,13-14,16H2,1H3. The number of carbonyl (C=O) groups excluding carboxylic acids is 3. The second-order valence-electron chi connectivity index (χ2n) is 8.09. The van der Waals surface area contributed by atoms with Crippen LogP contribution in [-0.2, 0) is 14.3 Å². The maximum atomic E-state index is 12.6. The Morgan fingerprint density at radius 1 is 1.22 bits per heavy atom. The minimum atomic E-state index is -0.629. The summed E-state index contributed by atoms with van der Waals surface area (Å²) in [4.78, 5) is 47.1. The number of benzene rings is 1. The van der Waals surface area contributed by atoms with Crippen LogP contribution in [-0.4, -0.2) is 54.8 Å². The van der Waals surface area contributed by atoms with Crippen LogP contribution in [0.3, 0.4) is 0 Å². The summed E-state index contributed by atoms with van der Waals surface area (Å²) in [5, 5.41) is 10.9. The Labute approximate surface area is 188 Å². The summed E-state index contributed by atoms with van der Waals surface area (Å²) < 4.78 is 10.2. The van der Waals surface area contributed by atoms with E-state index in [0.717, 1.165) is 18.8 Å². The third-order valence-electron chi connectivity index (χ3n) is 5.79. The zero-order chi connectivity index (χ0) is 23.3. The predicted octanol–water partition coefficient (Wildman–Crippen LogP) is 3.93. The summed E-state index contributed by atoms with van der Waals surface area (Å²) in [6.45, 7) is 0.660. The first-order valence-electron chi connectivity index (χ1n) is 11.2. The van der Waals surface area contributed by atoms with Gasteiger partial charge in [-0.15, -0.1) is 0 Å². The van der Waals surface area contributed by atoms with Crippen molar-refractivity contribution in [3.8, 4) is 5.75 Å². The van der Waals surface area contributed by atoms with Gasteiger partial charge in [-0.3, -0.25) is 24.5 Å². The Morgan fingerprint density at radius 3 is 2.62 bits per heavy atom. The molecule has 32 heavy (non-hydrogen) atoms. The van der Waals surface area contributed by atoms with Crippen LogP contribution in [0, 0.1) is 16.0 Å². The number of unbranched alkanes of at least 4 members (excludes halogenated alkanes) is 1. The van der Waals surface area contributed by atoms with Crippen molar-refractivity contribution in [1.29, 1.82) is 0 Å². The van der Waals surface area contributed by atoms with Gasteiger partial charge in [-0.1, -0.05) is 38.5 Å². The average molecular weight is 449 g/mol. The van der Waals surface area contributed by atoms with E-state index < -0.39 is 10.9 Å². The predicted molar refractivity (Wildman–Crippen MR) is 118 cm³/mol. The number of nitrogens with zero attached hydrogens (tertiary/aromatic N) is 2. The van der Waals surface area contributed by atoms with Gasteiger partial charge in [0.25, 0.3) is 5.69 Å². The molecule has 1 aromatic carbocycles. The van der Waals surface area contributed by atoms with E-state index in [2.05, 4.69) is 0 Å². The molecule has 2 rings (SSSR count). The number of ether oxygens (including phenoxy) is 2. The van der Waals surface area contributed by atoms with Crippen molar-refractivity contribution >= 4 is 23.9 Å². The smallest absolute Gasteiger partial charge is 0.325 e. The topological polar surface area (TPSA) is 116 Å². The first-order valence-corrected chi connectivity index (χ1v) is 11.2.